The van der Waals surface area contributed by atoms with Crippen molar-refractivity contribution in [2.45, 2.75) is 20.3 Å². The Labute approximate surface area is 154 Å². The Hall–Kier alpha value is -2.37. The molecule has 2 aromatic carbocycles. The maximum Gasteiger partial charge on any atom is 0.267 e. The number of carbonyl (C=O) groups is 2. The summed E-state index contributed by atoms with van der Waals surface area (Å²) in [4.78, 5) is 24.7. The molecule has 4 nitrogen and oxygen atoms in total. The van der Waals surface area contributed by atoms with Crippen molar-refractivity contribution >= 4 is 56.2 Å². The van der Waals surface area contributed by atoms with Crippen LogP contribution in [0.3, 0.4) is 0 Å². The molecule has 1 heterocycles. The van der Waals surface area contributed by atoms with E-state index in [1.807, 2.05) is 37.3 Å². The third kappa shape index (κ3) is 3.67. The number of hydrogen-bond donors (Lipinski definition) is 2. The van der Waals surface area contributed by atoms with Crippen LogP contribution in [0.25, 0.3) is 10.1 Å². The minimum Gasteiger partial charge on any atom is -0.326 e. The summed E-state index contributed by atoms with van der Waals surface area (Å²) in [7, 11) is 0. The molecular formula is C19H17ClN2O2S. The molecule has 0 aliphatic rings. The number of rotatable bonds is 4. The number of fused-ring (bicyclic) bond motifs is 1. The van der Waals surface area contributed by atoms with Gasteiger partial charge in [-0.1, -0.05) is 42.8 Å². The predicted octanol–water partition coefficient (Wildman–Crippen LogP) is 5.46. The number of aryl methyl sites for hydroxylation is 1. The molecule has 0 aliphatic carbocycles. The number of benzene rings is 2. The number of halogens is 1. The second kappa shape index (κ2) is 7.25. The first-order chi connectivity index (χ1) is 12.0. The van der Waals surface area contributed by atoms with Crippen LogP contribution in [0.5, 0.6) is 0 Å². The second-order valence-corrected chi connectivity index (χ2v) is 7.06. The summed E-state index contributed by atoms with van der Waals surface area (Å²) in [5, 5.41) is 7.02. The van der Waals surface area contributed by atoms with Crippen molar-refractivity contribution in [1.29, 1.82) is 0 Å². The first-order valence-electron chi connectivity index (χ1n) is 7.88. The van der Waals surface area contributed by atoms with Crippen LogP contribution in [0.1, 0.15) is 28.6 Å². The highest BCUT2D eigenvalue weighted by Gasteiger charge is 2.17. The highest BCUT2D eigenvalue weighted by Crippen LogP contribution is 2.35. The fraction of sp³-hybridized carbons (Fsp3) is 0.158. The van der Waals surface area contributed by atoms with Gasteiger partial charge in [0.1, 0.15) is 4.88 Å². The van der Waals surface area contributed by atoms with Gasteiger partial charge < -0.3 is 10.6 Å². The summed E-state index contributed by atoms with van der Waals surface area (Å²) in [6.07, 6.45) is 0.396. The molecule has 0 bridgehead atoms. The minimum atomic E-state index is -0.261. The Morgan fingerprint density at radius 2 is 1.88 bits per heavy atom. The molecule has 0 radical (unpaired) electrons. The van der Waals surface area contributed by atoms with E-state index in [0.717, 1.165) is 15.6 Å². The molecule has 0 aliphatic heterocycles. The highest BCUT2D eigenvalue weighted by molar-refractivity contribution is 7.21. The predicted molar refractivity (Wildman–Crippen MR) is 105 cm³/mol. The smallest absolute Gasteiger partial charge is 0.267 e. The van der Waals surface area contributed by atoms with Gasteiger partial charge in [0.05, 0.1) is 5.02 Å². The van der Waals surface area contributed by atoms with E-state index >= 15 is 0 Å². The van der Waals surface area contributed by atoms with Gasteiger partial charge in [-0.05, 0) is 30.7 Å². The van der Waals surface area contributed by atoms with Gasteiger partial charge in [0, 0.05) is 27.9 Å². The molecule has 6 heteroatoms. The van der Waals surface area contributed by atoms with Crippen LogP contribution in [0, 0.1) is 6.92 Å². The Kier molecular flexibility index (Phi) is 5.06. The van der Waals surface area contributed by atoms with Crippen molar-refractivity contribution in [3.63, 3.8) is 0 Å². The van der Waals surface area contributed by atoms with E-state index in [4.69, 9.17) is 11.6 Å². The lowest BCUT2D eigenvalue weighted by molar-refractivity contribution is -0.115. The standard InChI is InChI=1S/C19H17ClN2O2S/c1-3-16(23)22-14-10-12(9-8-11(14)2)21-19(24)18-17(20)13-6-4-5-7-15(13)25-18/h4-10H,3H2,1-2H3,(H,21,24)(H,22,23). The first-order valence-corrected chi connectivity index (χ1v) is 9.08. The van der Waals surface area contributed by atoms with Crippen LogP contribution >= 0.6 is 22.9 Å². The topological polar surface area (TPSA) is 58.2 Å². The molecule has 25 heavy (non-hydrogen) atoms. The van der Waals surface area contributed by atoms with E-state index in [9.17, 15) is 9.59 Å². The number of hydrogen-bond acceptors (Lipinski definition) is 3. The maximum atomic E-state index is 12.6. The SMILES string of the molecule is CCC(=O)Nc1cc(NC(=O)c2sc3ccccc3c2Cl)ccc1C. The summed E-state index contributed by atoms with van der Waals surface area (Å²) >= 11 is 7.71. The molecular weight excluding hydrogens is 356 g/mol. The Morgan fingerprint density at radius 1 is 1.12 bits per heavy atom. The molecule has 3 aromatic rings. The van der Waals surface area contributed by atoms with Crippen LogP contribution in [-0.4, -0.2) is 11.8 Å². The van der Waals surface area contributed by atoms with Gasteiger partial charge in [0.25, 0.3) is 5.91 Å². The van der Waals surface area contributed by atoms with Gasteiger partial charge >= 0.3 is 0 Å². The van der Waals surface area contributed by atoms with Crippen molar-refractivity contribution in [2.75, 3.05) is 10.6 Å². The lowest BCUT2D eigenvalue weighted by Gasteiger charge is -2.11. The van der Waals surface area contributed by atoms with Gasteiger partial charge in [-0.15, -0.1) is 11.3 Å². The molecule has 0 spiro atoms. The zero-order valence-electron chi connectivity index (χ0n) is 13.9. The molecule has 0 atom stereocenters. The molecule has 0 fully saturated rings. The molecule has 3 rings (SSSR count). The van der Waals surface area contributed by atoms with E-state index in [1.54, 1.807) is 19.1 Å². The number of thiophene rings is 1. The maximum absolute atomic E-state index is 12.6. The normalized spacial score (nSPS) is 10.7. The van der Waals surface area contributed by atoms with Gasteiger partial charge in [-0.3, -0.25) is 9.59 Å². The lowest BCUT2D eigenvalue weighted by Crippen LogP contribution is -2.13. The van der Waals surface area contributed by atoms with Crippen LogP contribution in [0.2, 0.25) is 5.02 Å². The fourth-order valence-corrected chi connectivity index (χ4v) is 3.83. The fourth-order valence-electron chi connectivity index (χ4n) is 2.42. The monoisotopic (exact) mass is 372 g/mol. The van der Waals surface area contributed by atoms with Gasteiger partial charge in [0.2, 0.25) is 5.91 Å². The number of nitrogens with one attached hydrogen (secondary N) is 2. The molecule has 0 unspecified atom stereocenters. The van der Waals surface area contributed by atoms with E-state index < -0.39 is 0 Å². The zero-order chi connectivity index (χ0) is 18.0. The molecule has 0 saturated heterocycles. The summed E-state index contributed by atoms with van der Waals surface area (Å²) in [5.74, 6) is -0.332. The first kappa shape index (κ1) is 17.5. The van der Waals surface area contributed by atoms with Crippen LogP contribution in [0.4, 0.5) is 11.4 Å². The molecule has 0 saturated carbocycles. The van der Waals surface area contributed by atoms with Crippen molar-refractivity contribution in [1.82, 2.24) is 0 Å². The van der Waals surface area contributed by atoms with Gasteiger partial charge in [-0.2, -0.15) is 0 Å². The van der Waals surface area contributed by atoms with Crippen LogP contribution in [0.15, 0.2) is 42.5 Å². The molecule has 128 valence electrons. The van der Waals surface area contributed by atoms with Gasteiger partial charge in [0.15, 0.2) is 0 Å². The van der Waals surface area contributed by atoms with Crippen molar-refractivity contribution < 1.29 is 9.59 Å². The van der Waals surface area contributed by atoms with E-state index in [0.29, 0.717) is 27.7 Å². The molecule has 1 aromatic heterocycles. The average Bonchev–Trinajstić information content (AvgIpc) is 2.95. The largest absolute Gasteiger partial charge is 0.326 e. The van der Waals surface area contributed by atoms with Crippen molar-refractivity contribution in [2.24, 2.45) is 0 Å². The zero-order valence-corrected chi connectivity index (χ0v) is 15.4. The summed E-state index contributed by atoms with van der Waals surface area (Å²) in [6, 6.07) is 13.1. The molecule has 2 N–H and O–H groups in total. The molecule has 2 amide bonds. The number of anilines is 2. The quantitative estimate of drug-likeness (QED) is 0.638. The Morgan fingerprint density at radius 3 is 2.60 bits per heavy atom. The Balaban J connectivity index is 1.86. The van der Waals surface area contributed by atoms with Crippen molar-refractivity contribution in [3.05, 3.63) is 57.9 Å². The highest BCUT2D eigenvalue weighted by atomic mass is 35.5. The number of amides is 2. The minimum absolute atomic E-state index is 0.0703. The Bertz CT molecular complexity index is 965. The number of carbonyl (C=O) groups excluding carboxylic acids is 2. The third-order valence-electron chi connectivity index (χ3n) is 3.83. The summed E-state index contributed by atoms with van der Waals surface area (Å²) in [5.41, 5.74) is 2.22. The van der Waals surface area contributed by atoms with Crippen molar-refractivity contribution in [3.8, 4) is 0 Å². The van der Waals surface area contributed by atoms with E-state index in [-0.39, 0.29) is 11.8 Å². The second-order valence-electron chi connectivity index (χ2n) is 5.63. The lowest BCUT2D eigenvalue weighted by atomic mass is 10.1. The van der Waals surface area contributed by atoms with Gasteiger partial charge in [-0.25, -0.2) is 0 Å². The summed E-state index contributed by atoms with van der Waals surface area (Å²) in [6.45, 7) is 3.69. The van der Waals surface area contributed by atoms with E-state index in [2.05, 4.69) is 10.6 Å². The third-order valence-corrected chi connectivity index (χ3v) is 5.51. The van der Waals surface area contributed by atoms with Crippen LogP contribution in [-0.2, 0) is 4.79 Å². The average molecular weight is 373 g/mol. The van der Waals surface area contributed by atoms with E-state index in [1.165, 1.54) is 11.3 Å². The van der Waals surface area contributed by atoms with Crippen LogP contribution < -0.4 is 10.6 Å². The summed E-state index contributed by atoms with van der Waals surface area (Å²) < 4.78 is 0.970.